The molecule has 140 heavy (non-hydrogen) atoms. The quantitative estimate of drug-likeness (QED) is 0.110. The molecule has 0 saturated carbocycles. The maximum absolute atomic E-state index is 5.42. The third-order valence-corrected chi connectivity index (χ3v) is 24.6. The van der Waals surface area contributed by atoms with E-state index in [2.05, 4.69) is 202 Å². The Hall–Kier alpha value is -17.0. The topological polar surface area (TPSA) is 259 Å². The number of hydrogen-bond acceptors (Lipinski definition) is 19. The van der Waals surface area contributed by atoms with Crippen molar-refractivity contribution in [3.05, 3.63) is 496 Å². The van der Waals surface area contributed by atoms with Crippen molar-refractivity contribution in [3.8, 4) is 11.5 Å². The van der Waals surface area contributed by atoms with E-state index in [1.54, 1.807) is 59.5 Å². The molecule has 15 aromatic carbocycles. The van der Waals surface area contributed by atoms with E-state index in [1.807, 2.05) is 315 Å². The number of oxazole rings is 1. The van der Waals surface area contributed by atoms with Crippen LogP contribution in [0.15, 0.2) is 481 Å². The standard InChI is InChI=1S/C9H7N.C9H10O.C9H10S.2C8H6N2.C8H7N.2C8H8O.C8H6O.C8H6S.2C7H6N2.C7H5NO.C7H5NS.C6H5N3/c3*1-2-6-9-8(4-1)5-3-7-10-9;1-2-4-8-7(3-1)5-9-6-10-8;1-2-4-8-7(3-1)9-5-6-10-8;1-2-4-8-7(3-1)5-6-9-8;1-2-4-8-6-9-5-7(8)3-1;3*1-2-4-8-7(3-1)5-6-9-8;1-2-4-7-6(3-1)8-5-9-7;1-2-4-7-6(3-1)5-8-9-7;2*1-2-4-7-6(3-1)8-5-9-7;1-2-4-6-5(3-1)7-9-8-6/h1-7H;2*1-2,4,6H,3,5,7H2;2*1-6H;1-6,9H;2*1-4H,5-6H2;2*1-6H;2*1-5H,(H,8,9);2*1-5H;1-4H,(H,7,8,9). The van der Waals surface area contributed by atoms with Crippen LogP contribution in [0.5, 0.6) is 11.5 Å². The Balaban J connectivity index is 0.000000108. The summed E-state index contributed by atoms with van der Waals surface area (Å²) >= 11 is 5.45. The minimum absolute atomic E-state index is 0.802. The van der Waals surface area contributed by atoms with E-state index in [9.17, 15) is 0 Å². The van der Waals surface area contributed by atoms with Gasteiger partial charge in [-0.1, -0.05) is 255 Å². The molecule has 30 rings (SSSR count). The Morgan fingerprint density at radius 3 is 1.50 bits per heavy atom. The van der Waals surface area contributed by atoms with Crippen LogP contribution < -0.4 is 9.47 Å². The summed E-state index contributed by atoms with van der Waals surface area (Å²) < 4.78 is 28.7. The third kappa shape index (κ3) is 29.5. The molecule has 0 aliphatic carbocycles. The highest BCUT2D eigenvalue weighted by Gasteiger charge is 2.12. The van der Waals surface area contributed by atoms with Crippen LogP contribution in [-0.2, 0) is 37.2 Å². The zero-order valence-electron chi connectivity index (χ0n) is 76.7. The van der Waals surface area contributed by atoms with Gasteiger partial charge in [-0.3, -0.25) is 20.1 Å². The number of thiophene rings is 1. The van der Waals surface area contributed by atoms with Gasteiger partial charge < -0.3 is 33.0 Å². The number of thiazole rings is 1. The first-order valence-corrected chi connectivity index (χ1v) is 48.6. The molecule has 20 nitrogen and oxygen atoms in total. The first kappa shape index (κ1) is 96.2. The molecule has 0 unspecified atom stereocenters. The summed E-state index contributed by atoms with van der Waals surface area (Å²) in [5, 5.41) is 26.4. The molecule has 0 atom stereocenters. The van der Waals surface area contributed by atoms with Crippen molar-refractivity contribution in [2.24, 2.45) is 0 Å². The molecular formula is C117H101N15O5S3. The van der Waals surface area contributed by atoms with Crippen LogP contribution in [-0.4, -0.2) is 94.4 Å². The summed E-state index contributed by atoms with van der Waals surface area (Å²) in [7, 11) is 0. The first-order valence-electron chi connectivity index (χ1n) is 45.8. The van der Waals surface area contributed by atoms with Gasteiger partial charge in [0.1, 0.15) is 40.0 Å². The van der Waals surface area contributed by atoms with Gasteiger partial charge in [0.15, 0.2) is 12.0 Å². The number of hydrogen-bond donors (Lipinski definition) is 4. The predicted molar refractivity (Wildman–Crippen MR) is 573 cm³/mol. The average Bonchev–Trinajstić information content (AvgIpc) is 1.57. The molecule has 4 aliphatic heterocycles. The number of aryl methyl sites for hydroxylation is 2. The summed E-state index contributed by atoms with van der Waals surface area (Å²) in [6.45, 7) is 3.35. The number of H-pyrrole nitrogens is 4. The van der Waals surface area contributed by atoms with Crippen molar-refractivity contribution in [3.63, 3.8) is 0 Å². The number of para-hydroxylation sites is 16. The van der Waals surface area contributed by atoms with Gasteiger partial charge in [-0.2, -0.15) is 20.5 Å². The lowest BCUT2D eigenvalue weighted by Crippen LogP contribution is -2.07. The molecule has 692 valence electrons. The Morgan fingerprint density at radius 2 is 0.843 bits per heavy atom. The van der Waals surface area contributed by atoms with Crippen molar-refractivity contribution in [1.29, 1.82) is 0 Å². The second-order valence-electron chi connectivity index (χ2n) is 31.2. The molecule has 11 aromatic heterocycles. The SMILES string of the molecule is c1ccc2[nH]ccc2c1.c1ccc2[nH]cnc2c1.c1ccc2[nH]ncc2c1.c1ccc2c(c1)CCCO2.c1ccc2c(c1)CCCS2.c1ccc2c(c1)CCO2.c1ccc2c(c1)COC2.c1ccc2n[nH]nc2c1.c1ccc2ncccc2c1.c1ccc2nccnc2c1.c1ccc2ncncc2c1.c1ccc2occc2c1.c1ccc2ocnc2c1.c1ccc2sccc2c1.c1ccc2scnc2c1. The number of nitrogens with one attached hydrogen (secondary N) is 4. The molecule has 0 radical (unpaired) electrons. The number of pyridine rings is 1. The molecule has 0 amide bonds. The van der Waals surface area contributed by atoms with Crippen LogP contribution in [0, 0.1) is 0 Å². The second kappa shape index (κ2) is 53.4. The van der Waals surface area contributed by atoms with Gasteiger partial charge >= 0.3 is 0 Å². The summed E-state index contributed by atoms with van der Waals surface area (Å²) in [5.74, 6) is 3.45. The third-order valence-electron chi connectivity index (χ3n) is 21.7. The van der Waals surface area contributed by atoms with Crippen molar-refractivity contribution < 1.29 is 23.0 Å². The van der Waals surface area contributed by atoms with Gasteiger partial charge in [0, 0.05) is 74.1 Å². The van der Waals surface area contributed by atoms with Crippen molar-refractivity contribution in [1.82, 2.24) is 75.4 Å². The van der Waals surface area contributed by atoms with Crippen LogP contribution in [0.3, 0.4) is 0 Å². The Labute approximate surface area is 822 Å². The largest absolute Gasteiger partial charge is 0.493 e. The van der Waals surface area contributed by atoms with E-state index < -0.39 is 0 Å². The molecule has 4 aliphatic rings. The monoisotopic (exact) mass is 1890 g/mol. The van der Waals surface area contributed by atoms with Gasteiger partial charge in [0.2, 0.25) is 0 Å². The lowest BCUT2D eigenvalue weighted by Gasteiger charge is -2.15. The summed E-state index contributed by atoms with van der Waals surface area (Å²) in [6, 6.07) is 131. The molecule has 4 N–H and O–H groups in total. The average molecular weight is 1890 g/mol. The number of benzene rings is 15. The van der Waals surface area contributed by atoms with Gasteiger partial charge in [-0.15, -0.1) is 34.4 Å². The highest BCUT2D eigenvalue weighted by molar-refractivity contribution is 7.99. The number of imidazole rings is 1. The molecule has 26 aromatic rings. The van der Waals surface area contributed by atoms with E-state index in [-0.39, 0.29) is 0 Å². The smallest absolute Gasteiger partial charge is 0.181 e. The Morgan fingerprint density at radius 1 is 0.307 bits per heavy atom. The molecule has 23 heteroatoms. The van der Waals surface area contributed by atoms with Gasteiger partial charge in [0.25, 0.3) is 0 Å². The van der Waals surface area contributed by atoms with E-state index in [4.69, 9.17) is 23.0 Å². The number of ether oxygens (including phenoxy) is 3. The lowest BCUT2D eigenvalue weighted by atomic mass is 10.1. The highest BCUT2D eigenvalue weighted by Crippen LogP contribution is 2.30. The molecular weight excluding hydrogens is 1790 g/mol. The van der Waals surface area contributed by atoms with E-state index >= 15 is 0 Å². The lowest BCUT2D eigenvalue weighted by molar-refractivity contribution is 0.134. The van der Waals surface area contributed by atoms with Crippen molar-refractivity contribution in [2.45, 2.75) is 50.2 Å². The van der Waals surface area contributed by atoms with E-state index in [0.717, 1.165) is 139 Å². The minimum atomic E-state index is 0.802. The maximum Gasteiger partial charge on any atom is 0.181 e. The molecule has 0 bridgehead atoms. The number of furan rings is 1. The van der Waals surface area contributed by atoms with E-state index in [1.165, 1.54) is 89.6 Å². The number of rotatable bonds is 0. The maximum atomic E-state index is 5.42. The number of thioether (sulfide) groups is 1. The van der Waals surface area contributed by atoms with Gasteiger partial charge in [-0.05, 0) is 215 Å². The summed E-state index contributed by atoms with van der Waals surface area (Å²) in [6.07, 6.45) is 23.2. The fraction of sp³-hybridized carbons (Fsp3) is 0.0855. The van der Waals surface area contributed by atoms with Gasteiger partial charge in [-0.25, -0.2) is 24.9 Å². The summed E-state index contributed by atoms with van der Waals surface area (Å²) in [4.78, 5) is 40.2. The fourth-order valence-electron chi connectivity index (χ4n) is 14.6. The Kier molecular flexibility index (Phi) is 36.7. The van der Waals surface area contributed by atoms with Crippen LogP contribution >= 0.6 is 34.4 Å². The normalized spacial score (nSPS) is 11.6. The summed E-state index contributed by atoms with van der Waals surface area (Å²) in [5.41, 5.74) is 22.8. The van der Waals surface area contributed by atoms with Crippen molar-refractivity contribution >= 4 is 154 Å². The van der Waals surface area contributed by atoms with Crippen LogP contribution in [0.25, 0.3) is 119 Å². The second-order valence-corrected chi connectivity index (χ2v) is 34.2. The van der Waals surface area contributed by atoms with Crippen LogP contribution in [0.4, 0.5) is 0 Å². The number of aromatic nitrogens is 15. The molecule has 0 spiro atoms. The van der Waals surface area contributed by atoms with E-state index in [0.29, 0.717) is 0 Å². The zero-order chi connectivity index (χ0) is 95.1. The number of nitrogens with zero attached hydrogens (tertiary/aromatic N) is 11. The molecule has 0 fully saturated rings. The van der Waals surface area contributed by atoms with Gasteiger partial charge in [0.05, 0.1) is 99.6 Å². The predicted octanol–water partition coefficient (Wildman–Crippen LogP) is 29.3. The minimum Gasteiger partial charge on any atom is -0.493 e. The fourth-order valence-corrected chi connectivity index (χ4v) is 17.1. The van der Waals surface area contributed by atoms with Crippen LogP contribution in [0.1, 0.15) is 40.7 Å². The van der Waals surface area contributed by atoms with Crippen LogP contribution in [0.2, 0.25) is 0 Å². The zero-order valence-corrected chi connectivity index (χ0v) is 79.2. The Bertz CT molecular complexity index is 6520. The molecule has 0 saturated heterocycles. The number of aromatic amines is 4. The van der Waals surface area contributed by atoms with Crippen molar-refractivity contribution in [2.75, 3.05) is 19.0 Å². The highest BCUT2D eigenvalue weighted by atomic mass is 32.2. The molecule has 15 heterocycles. The number of fused-ring (bicyclic) bond motifs is 15. The first-order chi connectivity index (χ1) is 69.5.